The van der Waals surface area contributed by atoms with E-state index in [9.17, 15) is 18.0 Å². The highest BCUT2D eigenvalue weighted by Gasteiger charge is 2.28. The summed E-state index contributed by atoms with van der Waals surface area (Å²) in [6.07, 6.45) is 7.88. The number of hydrogen-bond donors (Lipinski definition) is 1. The number of amides is 1. The zero-order chi connectivity index (χ0) is 34.3. The molecule has 256 valence electrons. The van der Waals surface area contributed by atoms with Gasteiger partial charge in [0.15, 0.2) is 0 Å². The number of fused-ring (bicyclic) bond motifs is 1. The van der Waals surface area contributed by atoms with Gasteiger partial charge in [0.1, 0.15) is 12.3 Å². The molecular weight excluding hydrogens is 626 g/mol. The van der Waals surface area contributed by atoms with Gasteiger partial charge in [-0.2, -0.15) is 0 Å². The van der Waals surface area contributed by atoms with Crippen molar-refractivity contribution in [2.24, 2.45) is 0 Å². The quantitative estimate of drug-likeness (QED) is 0.113. The fourth-order valence-corrected chi connectivity index (χ4v) is 8.28. The number of esters is 1. The molecule has 1 aromatic heterocycles. The highest BCUT2D eigenvalue weighted by atomic mass is 32.2. The van der Waals surface area contributed by atoms with Gasteiger partial charge in [-0.25, -0.2) is 17.5 Å². The number of nitrogens with one attached hydrogen (secondary N) is 1. The van der Waals surface area contributed by atoms with Crippen molar-refractivity contribution in [1.29, 1.82) is 0 Å². The van der Waals surface area contributed by atoms with Crippen molar-refractivity contribution < 1.29 is 27.5 Å². The van der Waals surface area contributed by atoms with E-state index in [4.69, 9.17) is 9.47 Å². The lowest BCUT2D eigenvalue weighted by atomic mass is 9.82. The largest absolute Gasteiger partial charge is 0.497 e. The van der Waals surface area contributed by atoms with Crippen molar-refractivity contribution in [2.45, 2.75) is 75.6 Å². The summed E-state index contributed by atoms with van der Waals surface area (Å²) in [6.45, 7) is 2.77. The standard InChI is InChI=1S/C38H47N3O6S/c1-27-13-9-10-16-34(27)48(44,45)40(2)24-12-6-11-23-39-35(42)26-41-33-25-30(38(43)47-4)19-22-32(33)36(28-14-7-5-8-15-28)37(41)29-17-20-31(46-3)21-18-29/h9-10,13,16-22,25,28H,5-8,11-12,14-15,23-24,26H2,1-4H3,(H,39,42). The molecule has 9 nitrogen and oxygen atoms in total. The van der Waals surface area contributed by atoms with Crippen LogP contribution in [0.1, 0.15) is 78.8 Å². The molecule has 0 bridgehead atoms. The maximum Gasteiger partial charge on any atom is 0.337 e. The van der Waals surface area contributed by atoms with Crippen LogP contribution in [0.25, 0.3) is 22.2 Å². The molecule has 5 rings (SSSR count). The Labute approximate surface area is 284 Å². The Kier molecular flexibility index (Phi) is 11.6. The van der Waals surface area contributed by atoms with E-state index in [-0.39, 0.29) is 12.5 Å². The third-order valence-corrected chi connectivity index (χ3v) is 11.5. The van der Waals surface area contributed by atoms with E-state index >= 15 is 0 Å². The van der Waals surface area contributed by atoms with Crippen molar-refractivity contribution in [3.05, 3.63) is 83.4 Å². The molecule has 0 atom stereocenters. The van der Waals surface area contributed by atoms with Crippen LogP contribution in [0.4, 0.5) is 0 Å². The van der Waals surface area contributed by atoms with Gasteiger partial charge in [0.25, 0.3) is 0 Å². The van der Waals surface area contributed by atoms with Gasteiger partial charge in [-0.3, -0.25) is 4.79 Å². The second-order valence-corrected chi connectivity index (χ2v) is 14.7. The van der Waals surface area contributed by atoms with E-state index in [2.05, 4.69) is 5.32 Å². The van der Waals surface area contributed by atoms with Gasteiger partial charge >= 0.3 is 5.97 Å². The Balaban J connectivity index is 1.33. The summed E-state index contributed by atoms with van der Waals surface area (Å²) in [6, 6.07) is 20.6. The van der Waals surface area contributed by atoms with Gasteiger partial charge in [-0.1, -0.05) is 49.9 Å². The predicted octanol–water partition coefficient (Wildman–Crippen LogP) is 7.07. The molecule has 1 aliphatic carbocycles. The zero-order valence-corrected chi connectivity index (χ0v) is 29.3. The van der Waals surface area contributed by atoms with Gasteiger partial charge in [0.05, 0.1) is 35.9 Å². The average molecular weight is 674 g/mol. The Morgan fingerprint density at radius 3 is 2.35 bits per heavy atom. The number of carbonyl (C=O) groups is 2. The van der Waals surface area contributed by atoms with E-state index in [1.165, 1.54) is 23.4 Å². The smallest absolute Gasteiger partial charge is 0.337 e. The fourth-order valence-electron chi connectivity index (χ4n) is 6.85. The number of rotatable bonds is 14. The first-order valence-corrected chi connectivity index (χ1v) is 18.3. The average Bonchev–Trinajstić information content (AvgIpc) is 3.42. The highest BCUT2D eigenvalue weighted by molar-refractivity contribution is 7.89. The monoisotopic (exact) mass is 673 g/mol. The van der Waals surface area contributed by atoms with E-state index in [0.717, 1.165) is 72.0 Å². The van der Waals surface area contributed by atoms with Crippen LogP contribution in [0.2, 0.25) is 0 Å². The number of unbranched alkanes of at least 4 members (excludes halogenated alkanes) is 2. The van der Waals surface area contributed by atoms with Crippen LogP contribution < -0.4 is 10.1 Å². The number of aryl methyl sites for hydroxylation is 1. The molecule has 3 aromatic carbocycles. The van der Waals surface area contributed by atoms with E-state index < -0.39 is 16.0 Å². The minimum absolute atomic E-state index is 0.0899. The Morgan fingerprint density at radius 2 is 1.67 bits per heavy atom. The fraction of sp³-hybridized carbons (Fsp3) is 0.421. The molecule has 0 radical (unpaired) electrons. The molecule has 1 fully saturated rings. The number of sulfonamides is 1. The molecule has 1 heterocycles. The highest BCUT2D eigenvalue weighted by Crippen LogP contribution is 2.44. The molecule has 10 heteroatoms. The first kappa shape index (κ1) is 35.2. The number of methoxy groups -OCH3 is 2. The lowest BCUT2D eigenvalue weighted by Gasteiger charge is -2.24. The normalized spacial score (nSPS) is 13.9. The van der Waals surface area contributed by atoms with Crippen molar-refractivity contribution in [3.63, 3.8) is 0 Å². The van der Waals surface area contributed by atoms with Crippen LogP contribution in [0.15, 0.2) is 71.6 Å². The molecular formula is C38H47N3O6S. The summed E-state index contributed by atoms with van der Waals surface area (Å²) in [5.74, 6) is 0.556. The van der Waals surface area contributed by atoms with E-state index in [0.29, 0.717) is 35.9 Å². The summed E-state index contributed by atoms with van der Waals surface area (Å²) >= 11 is 0. The Morgan fingerprint density at radius 1 is 0.938 bits per heavy atom. The van der Waals surface area contributed by atoms with Gasteiger partial charge in [-0.15, -0.1) is 0 Å². The minimum atomic E-state index is -3.55. The molecule has 48 heavy (non-hydrogen) atoms. The Bertz CT molecular complexity index is 1840. The number of hydrogen-bond acceptors (Lipinski definition) is 6. The zero-order valence-electron chi connectivity index (χ0n) is 28.5. The molecule has 4 aromatic rings. The van der Waals surface area contributed by atoms with Crippen LogP contribution in [0.3, 0.4) is 0 Å². The van der Waals surface area contributed by atoms with E-state index in [1.807, 2.05) is 53.1 Å². The maximum absolute atomic E-state index is 13.5. The number of nitrogens with zero attached hydrogens (tertiary/aromatic N) is 2. The number of aromatic nitrogens is 1. The van der Waals surface area contributed by atoms with Crippen molar-refractivity contribution >= 4 is 32.8 Å². The lowest BCUT2D eigenvalue weighted by Crippen LogP contribution is -2.30. The lowest BCUT2D eigenvalue weighted by molar-refractivity contribution is -0.121. The van der Waals surface area contributed by atoms with Gasteiger partial charge < -0.3 is 19.4 Å². The summed E-state index contributed by atoms with van der Waals surface area (Å²) in [7, 11) is 1.07. The first-order chi connectivity index (χ1) is 23.1. The van der Waals surface area contributed by atoms with Gasteiger partial charge in [-0.05, 0) is 97.7 Å². The summed E-state index contributed by atoms with van der Waals surface area (Å²) < 4.78 is 39.9. The van der Waals surface area contributed by atoms with Crippen LogP contribution in [0, 0.1) is 6.92 Å². The molecule has 0 saturated heterocycles. The first-order valence-electron chi connectivity index (χ1n) is 16.8. The van der Waals surface area contributed by atoms with Crippen LogP contribution >= 0.6 is 0 Å². The predicted molar refractivity (Wildman–Crippen MR) is 189 cm³/mol. The topological polar surface area (TPSA) is 107 Å². The minimum Gasteiger partial charge on any atom is -0.497 e. The second-order valence-electron chi connectivity index (χ2n) is 12.6. The van der Waals surface area contributed by atoms with Crippen molar-refractivity contribution in [1.82, 2.24) is 14.2 Å². The summed E-state index contributed by atoms with van der Waals surface area (Å²) in [4.78, 5) is 26.4. The maximum atomic E-state index is 13.5. The molecule has 0 unspecified atom stereocenters. The third kappa shape index (κ3) is 7.76. The van der Waals surface area contributed by atoms with Crippen LogP contribution in [-0.2, 0) is 26.1 Å². The van der Waals surface area contributed by atoms with E-state index in [1.54, 1.807) is 39.3 Å². The number of carbonyl (C=O) groups excluding carboxylic acids is 2. The third-order valence-electron chi connectivity index (χ3n) is 9.46. The van der Waals surface area contributed by atoms with Crippen LogP contribution in [-0.4, -0.2) is 63.5 Å². The molecule has 0 spiro atoms. The summed E-state index contributed by atoms with van der Waals surface area (Å²) in [5, 5.41) is 4.13. The second kappa shape index (κ2) is 15.8. The molecule has 0 aliphatic heterocycles. The molecule has 1 amide bonds. The summed E-state index contributed by atoms with van der Waals surface area (Å²) in [5.41, 5.74) is 5.21. The number of benzene rings is 3. The molecule has 1 N–H and O–H groups in total. The van der Waals surface area contributed by atoms with Gasteiger partial charge in [0, 0.05) is 25.5 Å². The molecule has 1 saturated carbocycles. The molecule has 1 aliphatic rings. The van der Waals surface area contributed by atoms with Gasteiger partial charge in [0.2, 0.25) is 15.9 Å². The van der Waals surface area contributed by atoms with Crippen LogP contribution in [0.5, 0.6) is 5.75 Å². The van der Waals surface area contributed by atoms with Crippen molar-refractivity contribution in [2.75, 3.05) is 34.4 Å². The van der Waals surface area contributed by atoms with Crippen molar-refractivity contribution in [3.8, 4) is 17.0 Å². The SMILES string of the molecule is COC(=O)c1ccc2c(C3CCCCC3)c(-c3ccc(OC)cc3)n(CC(=O)NCCCCCN(C)S(=O)(=O)c3ccccc3C)c2c1. The Hall–Kier alpha value is -4.15. The number of ether oxygens (including phenoxy) is 2.